The van der Waals surface area contributed by atoms with E-state index in [1.54, 1.807) is 12.6 Å². The standard InChI is InChI=1S/C16H13N5O/c17-15-14-16(19-9-18-14)21-13(20-15)8-12-11(6-7-22-12)10-4-2-1-3-5-10/h1-7,9H,8H2,(H3,17,18,19,20,21). The van der Waals surface area contributed by atoms with Crippen LogP contribution in [0.15, 0.2) is 53.4 Å². The number of nitrogens with one attached hydrogen (secondary N) is 1. The highest BCUT2D eigenvalue weighted by Crippen LogP contribution is 2.26. The molecule has 3 aromatic heterocycles. The van der Waals surface area contributed by atoms with Crippen molar-refractivity contribution in [2.24, 2.45) is 0 Å². The minimum atomic E-state index is 0.394. The van der Waals surface area contributed by atoms with Crippen molar-refractivity contribution in [3.05, 3.63) is 60.6 Å². The average molecular weight is 291 g/mol. The first-order chi connectivity index (χ1) is 10.8. The van der Waals surface area contributed by atoms with Gasteiger partial charge in [0, 0.05) is 5.56 Å². The van der Waals surface area contributed by atoms with Crippen molar-refractivity contribution in [1.29, 1.82) is 0 Å². The van der Waals surface area contributed by atoms with Crippen molar-refractivity contribution in [2.45, 2.75) is 6.42 Å². The summed E-state index contributed by atoms with van der Waals surface area (Å²) in [4.78, 5) is 15.8. The van der Waals surface area contributed by atoms with Crippen LogP contribution in [0.1, 0.15) is 11.6 Å². The molecular weight excluding hydrogens is 278 g/mol. The molecule has 0 atom stereocenters. The number of benzene rings is 1. The van der Waals surface area contributed by atoms with E-state index < -0.39 is 0 Å². The van der Waals surface area contributed by atoms with Gasteiger partial charge in [-0.1, -0.05) is 30.3 Å². The predicted molar refractivity (Wildman–Crippen MR) is 83.0 cm³/mol. The van der Waals surface area contributed by atoms with Crippen molar-refractivity contribution in [2.75, 3.05) is 5.73 Å². The van der Waals surface area contributed by atoms with Gasteiger partial charge < -0.3 is 15.1 Å². The summed E-state index contributed by atoms with van der Waals surface area (Å²) in [6.07, 6.45) is 3.69. The SMILES string of the molecule is Nc1nc(Cc2occc2-c2ccccc2)nc2nc[nH]c12. The fourth-order valence-electron chi connectivity index (χ4n) is 2.48. The maximum atomic E-state index is 5.93. The molecule has 0 bridgehead atoms. The highest BCUT2D eigenvalue weighted by Gasteiger charge is 2.13. The summed E-state index contributed by atoms with van der Waals surface area (Å²) in [6.45, 7) is 0. The lowest BCUT2D eigenvalue weighted by Gasteiger charge is -2.03. The van der Waals surface area contributed by atoms with Crippen LogP contribution < -0.4 is 5.73 Å². The molecule has 0 spiro atoms. The van der Waals surface area contributed by atoms with Gasteiger partial charge in [0.05, 0.1) is 19.0 Å². The minimum absolute atomic E-state index is 0.394. The minimum Gasteiger partial charge on any atom is -0.468 e. The third-order valence-electron chi connectivity index (χ3n) is 3.51. The van der Waals surface area contributed by atoms with Gasteiger partial charge in [-0.15, -0.1) is 0 Å². The number of H-pyrrole nitrogens is 1. The van der Waals surface area contributed by atoms with E-state index in [4.69, 9.17) is 10.2 Å². The molecule has 0 radical (unpaired) electrons. The fraction of sp³-hybridized carbons (Fsp3) is 0.0625. The zero-order chi connectivity index (χ0) is 14.9. The second kappa shape index (κ2) is 5.00. The van der Waals surface area contributed by atoms with Crippen molar-refractivity contribution >= 4 is 17.0 Å². The summed E-state index contributed by atoms with van der Waals surface area (Å²) in [5, 5.41) is 0. The molecular formula is C16H13N5O. The molecule has 0 aliphatic rings. The normalized spacial score (nSPS) is 11.1. The number of furan rings is 1. The van der Waals surface area contributed by atoms with E-state index in [9.17, 15) is 0 Å². The number of anilines is 1. The number of fused-ring (bicyclic) bond motifs is 1. The second-order valence-electron chi connectivity index (χ2n) is 4.93. The van der Waals surface area contributed by atoms with Crippen LogP contribution in [0.3, 0.4) is 0 Å². The highest BCUT2D eigenvalue weighted by molar-refractivity contribution is 5.80. The molecule has 6 nitrogen and oxygen atoms in total. The predicted octanol–water partition coefficient (Wildman–Crippen LogP) is 2.79. The van der Waals surface area contributed by atoms with Gasteiger partial charge in [0.15, 0.2) is 11.5 Å². The first-order valence-electron chi connectivity index (χ1n) is 6.88. The molecule has 0 unspecified atom stereocenters. The summed E-state index contributed by atoms with van der Waals surface area (Å²) in [6, 6.07) is 12.0. The van der Waals surface area contributed by atoms with Gasteiger partial charge in [-0.05, 0) is 11.6 Å². The number of rotatable bonds is 3. The lowest BCUT2D eigenvalue weighted by molar-refractivity contribution is 0.518. The first-order valence-corrected chi connectivity index (χ1v) is 6.88. The summed E-state index contributed by atoms with van der Waals surface area (Å²) in [5.41, 5.74) is 9.28. The lowest BCUT2D eigenvalue weighted by Crippen LogP contribution is -2.02. The number of nitrogens with zero attached hydrogens (tertiary/aromatic N) is 3. The van der Waals surface area contributed by atoms with E-state index in [1.165, 1.54) is 0 Å². The largest absolute Gasteiger partial charge is 0.468 e. The second-order valence-corrected chi connectivity index (χ2v) is 4.93. The van der Waals surface area contributed by atoms with Crippen molar-refractivity contribution in [3.8, 4) is 11.1 Å². The zero-order valence-corrected chi connectivity index (χ0v) is 11.7. The number of aromatic nitrogens is 4. The Kier molecular flexibility index (Phi) is 2.86. The number of imidazole rings is 1. The summed E-state index contributed by atoms with van der Waals surface area (Å²) < 4.78 is 5.61. The Balaban J connectivity index is 1.73. The fourth-order valence-corrected chi connectivity index (χ4v) is 2.48. The Bertz CT molecular complexity index is 926. The molecule has 22 heavy (non-hydrogen) atoms. The number of hydrogen-bond donors (Lipinski definition) is 2. The molecule has 0 saturated heterocycles. The van der Waals surface area contributed by atoms with Gasteiger partial charge in [-0.2, -0.15) is 0 Å². The molecule has 1 aromatic carbocycles. The Labute approximate surface area is 126 Å². The van der Waals surface area contributed by atoms with Gasteiger partial charge >= 0.3 is 0 Å². The maximum absolute atomic E-state index is 5.93. The first kappa shape index (κ1) is 12.6. The molecule has 0 fully saturated rings. The number of aromatic amines is 1. The van der Waals surface area contributed by atoms with E-state index in [0.717, 1.165) is 16.9 Å². The Morgan fingerprint density at radius 1 is 1.09 bits per heavy atom. The van der Waals surface area contributed by atoms with Crippen molar-refractivity contribution in [1.82, 2.24) is 19.9 Å². The quantitative estimate of drug-likeness (QED) is 0.605. The number of nitrogens with two attached hydrogens (primary N) is 1. The van der Waals surface area contributed by atoms with E-state index in [-0.39, 0.29) is 0 Å². The summed E-state index contributed by atoms with van der Waals surface area (Å²) >= 11 is 0. The smallest absolute Gasteiger partial charge is 0.183 e. The van der Waals surface area contributed by atoms with Crippen molar-refractivity contribution in [3.63, 3.8) is 0 Å². The third-order valence-corrected chi connectivity index (χ3v) is 3.51. The molecule has 0 aliphatic heterocycles. The van der Waals surface area contributed by atoms with E-state index in [2.05, 4.69) is 19.9 Å². The molecule has 0 saturated carbocycles. The van der Waals surface area contributed by atoms with E-state index >= 15 is 0 Å². The Hall–Kier alpha value is -3.15. The van der Waals surface area contributed by atoms with Crippen LogP contribution in [-0.4, -0.2) is 19.9 Å². The third kappa shape index (κ3) is 2.10. The summed E-state index contributed by atoms with van der Waals surface area (Å²) in [5.74, 6) is 1.79. The molecule has 6 heteroatoms. The van der Waals surface area contributed by atoms with Gasteiger partial charge in [-0.3, -0.25) is 0 Å². The molecule has 108 valence electrons. The maximum Gasteiger partial charge on any atom is 0.183 e. The Morgan fingerprint density at radius 2 is 1.95 bits per heavy atom. The molecule has 0 amide bonds. The monoisotopic (exact) mass is 291 g/mol. The number of nitrogen functional groups attached to an aromatic ring is 1. The van der Waals surface area contributed by atoms with Gasteiger partial charge in [0.25, 0.3) is 0 Å². The van der Waals surface area contributed by atoms with Crippen LogP contribution in [0.4, 0.5) is 5.82 Å². The van der Waals surface area contributed by atoms with Crippen molar-refractivity contribution < 1.29 is 4.42 Å². The molecule has 4 rings (SSSR count). The molecule has 0 aliphatic carbocycles. The van der Waals surface area contributed by atoms with Gasteiger partial charge in [-0.25, -0.2) is 15.0 Å². The molecule has 3 heterocycles. The van der Waals surface area contributed by atoms with Crippen LogP contribution in [0.2, 0.25) is 0 Å². The van der Waals surface area contributed by atoms with Gasteiger partial charge in [0.1, 0.15) is 17.1 Å². The zero-order valence-electron chi connectivity index (χ0n) is 11.7. The number of hydrogen-bond acceptors (Lipinski definition) is 5. The average Bonchev–Trinajstić information content (AvgIpc) is 3.17. The Morgan fingerprint density at radius 3 is 2.82 bits per heavy atom. The van der Waals surface area contributed by atoms with E-state index in [1.807, 2.05) is 36.4 Å². The van der Waals surface area contributed by atoms with Crippen LogP contribution in [0, 0.1) is 0 Å². The van der Waals surface area contributed by atoms with Crippen LogP contribution in [0.5, 0.6) is 0 Å². The van der Waals surface area contributed by atoms with Crippen LogP contribution in [-0.2, 0) is 6.42 Å². The van der Waals surface area contributed by atoms with Crippen LogP contribution >= 0.6 is 0 Å². The van der Waals surface area contributed by atoms with E-state index in [0.29, 0.717) is 29.2 Å². The topological polar surface area (TPSA) is 93.6 Å². The van der Waals surface area contributed by atoms with Gasteiger partial charge in [0.2, 0.25) is 0 Å². The lowest BCUT2D eigenvalue weighted by atomic mass is 10.1. The highest BCUT2D eigenvalue weighted by atomic mass is 16.3. The molecule has 3 N–H and O–H groups in total. The summed E-state index contributed by atoms with van der Waals surface area (Å²) in [7, 11) is 0. The van der Waals surface area contributed by atoms with Crippen LogP contribution in [0.25, 0.3) is 22.3 Å². The molecule has 4 aromatic rings.